The Hall–Kier alpha value is -3.19. The van der Waals surface area contributed by atoms with Crippen molar-refractivity contribution < 1.29 is 14.3 Å². The predicted molar refractivity (Wildman–Crippen MR) is 144 cm³/mol. The molecule has 1 saturated heterocycles. The van der Waals surface area contributed by atoms with Gasteiger partial charge in [0.1, 0.15) is 0 Å². The van der Waals surface area contributed by atoms with E-state index in [2.05, 4.69) is 46.4 Å². The van der Waals surface area contributed by atoms with Crippen LogP contribution < -0.4 is 5.32 Å². The number of nitrogens with zero attached hydrogens (tertiary/aromatic N) is 3. The molecule has 4 rings (SSSR count). The number of carbonyl (C=O) groups excluding carboxylic acids is 2. The van der Waals surface area contributed by atoms with Crippen molar-refractivity contribution in [3.63, 3.8) is 0 Å². The van der Waals surface area contributed by atoms with Gasteiger partial charge < -0.3 is 15.0 Å². The van der Waals surface area contributed by atoms with Gasteiger partial charge in [-0.3, -0.25) is 14.6 Å². The van der Waals surface area contributed by atoms with Crippen LogP contribution in [0.1, 0.15) is 59.7 Å². The van der Waals surface area contributed by atoms with E-state index in [1.807, 2.05) is 36.5 Å². The normalized spacial score (nSPS) is 18.2. The Labute approximate surface area is 214 Å². The molecule has 2 aliphatic rings. The number of hydrazone groups is 1. The van der Waals surface area contributed by atoms with Gasteiger partial charge in [-0.05, 0) is 79.6 Å². The summed E-state index contributed by atoms with van der Waals surface area (Å²) in [7, 11) is 2.12. The highest BCUT2D eigenvalue weighted by atomic mass is 16.5. The molecule has 192 valence electrons. The van der Waals surface area contributed by atoms with Crippen molar-refractivity contribution in [2.75, 3.05) is 45.2 Å². The molecule has 0 spiro atoms. The van der Waals surface area contributed by atoms with Crippen molar-refractivity contribution in [3.05, 3.63) is 64.7 Å². The molecule has 7 nitrogen and oxygen atoms in total. The molecule has 0 aromatic heterocycles. The zero-order valence-electron chi connectivity index (χ0n) is 21.5. The molecular weight excluding hydrogens is 452 g/mol. The van der Waals surface area contributed by atoms with E-state index in [4.69, 9.17) is 4.74 Å². The van der Waals surface area contributed by atoms with Gasteiger partial charge in [0.2, 0.25) is 0 Å². The van der Waals surface area contributed by atoms with Crippen molar-refractivity contribution in [3.8, 4) is 0 Å². The zero-order chi connectivity index (χ0) is 25.3. The molecule has 2 aromatic carbocycles. The summed E-state index contributed by atoms with van der Waals surface area (Å²) in [6.07, 6.45) is 7.03. The summed E-state index contributed by atoms with van der Waals surface area (Å²) < 4.78 is 5.35. The first-order valence-electron chi connectivity index (χ1n) is 13.2. The maximum absolute atomic E-state index is 12.8. The zero-order valence-corrected chi connectivity index (χ0v) is 21.5. The van der Waals surface area contributed by atoms with E-state index in [1.54, 1.807) is 0 Å². The molecule has 1 aliphatic carbocycles. The summed E-state index contributed by atoms with van der Waals surface area (Å²) in [4.78, 5) is 27.3. The van der Waals surface area contributed by atoms with Gasteiger partial charge >= 0.3 is 5.97 Å². The van der Waals surface area contributed by atoms with Crippen LogP contribution in [0.15, 0.2) is 47.6 Å². The fourth-order valence-electron chi connectivity index (χ4n) is 4.69. The fraction of sp³-hybridized carbons (Fsp3) is 0.483. The molecule has 7 heteroatoms. The van der Waals surface area contributed by atoms with Crippen molar-refractivity contribution in [1.29, 1.82) is 0 Å². The topological polar surface area (TPSA) is 74.2 Å². The summed E-state index contributed by atoms with van der Waals surface area (Å²) in [5, 5.41) is 9.67. The van der Waals surface area contributed by atoms with Crippen LogP contribution in [0, 0.1) is 5.92 Å². The summed E-state index contributed by atoms with van der Waals surface area (Å²) in [6, 6.07) is 13.6. The third kappa shape index (κ3) is 7.40. The van der Waals surface area contributed by atoms with Gasteiger partial charge in [-0.2, -0.15) is 5.10 Å². The molecule has 1 heterocycles. The Balaban J connectivity index is 1.30. The minimum absolute atomic E-state index is 0.0987. The number of rotatable bonds is 9. The van der Waals surface area contributed by atoms with Crippen molar-refractivity contribution in [1.82, 2.24) is 9.91 Å². The van der Waals surface area contributed by atoms with Gasteiger partial charge in [-0.15, -0.1) is 0 Å². The Morgan fingerprint density at radius 2 is 1.86 bits per heavy atom. The first kappa shape index (κ1) is 25.9. The van der Waals surface area contributed by atoms with Crippen LogP contribution in [0.2, 0.25) is 0 Å². The first-order valence-corrected chi connectivity index (χ1v) is 13.2. The van der Waals surface area contributed by atoms with Crippen LogP contribution in [0.3, 0.4) is 0 Å². The molecule has 0 bridgehead atoms. The molecule has 0 radical (unpaired) electrons. The molecule has 1 N–H and O–H groups in total. The van der Waals surface area contributed by atoms with E-state index in [0.717, 1.165) is 69.5 Å². The quantitative estimate of drug-likeness (QED) is 0.321. The Bertz CT molecular complexity index is 1060. The third-order valence-electron chi connectivity index (χ3n) is 7.03. The maximum atomic E-state index is 12.8. The lowest BCUT2D eigenvalue weighted by molar-refractivity contribution is -0.145. The number of hydrogen-bond acceptors (Lipinski definition) is 6. The highest BCUT2D eigenvalue weighted by Gasteiger charge is 2.22. The SMILES string of the molecule is CCCCOC(=O)CC1CCc2ccc(NC(=O)c3ccc(C=NN4CCN(C)CC4)cc3)cc2C1. The Morgan fingerprint density at radius 1 is 1.08 bits per heavy atom. The number of aryl methyl sites for hydroxylation is 1. The standard InChI is InChI=1S/C29H38N4O3/c1-3-4-17-36-28(34)19-23-7-8-24-11-12-27(20-26(24)18-23)31-29(35)25-9-5-22(6-10-25)21-30-33-15-13-32(2)14-16-33/h5-6,9-12,20-21,23H,3-4,7-8,13-19H2,1-2H3,(H,31,35). The average molecular weight is 491 g/mol. The van der Waals surface area contributed by atoms with Crippen LogP contribution in [0.4, 0.5) is 5.69 Å². The summed E-state index contributed by atoms with van der Waals surface area (Å²) in [6.45, 7) is 6.49. The van der Waals surface area contributed by atoms with Gasteiger partial charge in [0.05, 0.1) is 12.8 Å². The number of amides is 1. The van der Waals surface area contributed by atoms with E-state index in [9.17, 15) is 9.59 Å². The number of ether oxygens (including phenoxy) is 1. The summed E-state index contributed by atoms with van der Waals surface area (Å²) >= 11 is 0. The second-order valence-electron chi connectivity index (χ2n) is 9.95. The van der Waals surface area contributed by atoms with Gasteiger partial charge in [0, 0.05) is 43.9 Å². The number of benzene rings is 2. The monoisotopic (exact) mass is 490 g/mol. The molecule has 2 aromatic rings. The number of hydrogen-bond donors (Lipinski definition) is 1. The number of esters is 1. The van der Waals surface area contributed by atoms with Gasteiger partial charge in [0.25, 0.3) is 5.91 Å². The Morgan fingerprint density at radius 3 is 2.61 bits per heavy atom. The smallest absolute Gasteiger partial charge is 0.306 e. The van der Waals surface area contributed by atoms with E-state index in [1.165, 1.54) is 11.1 Å². The van der Waals surface area contributed by atoms with Crippen LogP contribution in [-0.4, -0.2) is 67.8 Å². The molecule has 1 aliphatic heterocycles. The van der Waals surface area contributed by atoms with E-state index >= 15 is 0 Å². The van der Waals surface area contributed by atoms with Crippen molar-refractivity contribution in [2.24, 2.45) is 11.0 Å². The van der Waals surface area contributed by atoms with Crippen molar-refractivity contribution >= 4 is 23.8 Å². The van der Waals surface area contributed by atoms with E-state index in [0.29, 0.717) is 18.6 Å². The highest BCUT2D eigenvalue weighted by molar-refractivity contribution is 6.04. The van der Waals surface area contributed by atoms with Gasteiger partial charge in [-0.1, -0.05) is 31.5 Å². The highest BCUT2D eigenvalue weighted by Crippen LogP contribution is 2.30. The second kappa shape index (κ2) is 12.7. The predicted octanol–water partition coefficient (Wildman–Crippen LogP) is 4.36. The minimum Gasteiger partial charge on any atom is -0.466 e. The van der Waals surface area contributed by atoms with Crippen LogP contribution in [0.5, 0.6) is 0 Å². The lowest BCUT2D eigenvalue weighted by Gasteiger charge is -2.30. The minimum atomic E-state index is -0.135. The Kier molecular flexibility index (Phi) is 9.11. The fourth-order valence-corrected chi connectivity index (χ4v) is 4.69. The average Bonchev–Trinajstić information content (AvgIpc) is 2.88. The van der Waals surface area contributed by atoms with Gasteiger partial charge in [-0.25, -0.2) is 0 Å². The van der Waals surface area contributed by atoms with Crippen molar-refractivity contribution in [2.45, 2.75) is 45.4 Å². The van der Waals surface area contributed by atoms with E-state index in [-0.39, 0.29) is 17.8 Å². The second-order valence-corrected chi connectivity index (χ2v) is 9.95. The number of likely N-dealkylation sites (N-methyl/N-ethyl adjacent to an activating group) is 1. The number of anilines is 1. The van der Waals surface area contributed by atoms with Crippen LogP contribution in [-0.2, 0) is 22.4 Å². The molecule has 0 saturated carbocycles. The lowest BCUT2D eigenvalue weighted by atomic mass is 9.82. The maximum Gasteiger partial charge on any atom is 0.306 e. The third-order valence-corrected chi connectivity index (χ3v) is 7.03. The molecule has 36 heavy (non-hydrogen) atoms. The van der Waals surface area contributed by atoms with Gasteiger partial charge in [0.15, 0.2) is 0 Å². The largest absolute Gasteiger partial charge is 0.466 e. The lowest BCUT2D eigenvalue weighted by Crippen LogP contribution is -2.41. The molecule has 1 amide bonds. The summed E-state index contributed by atoms with van der Waals surface area (Å²) in [5.74, 6) is 0.0559. The number of carbonyl (C=O) groups is 2. The number of unbranched alkanes of at least 4 members (excludes halogenated alkanes) is 1. The van der Waals surface area contributed by atoms with E-state index < -0.39 is 0 Å². The first-order chi connectivity index (χ1) is 17.5. The van der Waals surface area contributed by atoms with Crippen LogP contribution in [0.25, 0.3) is 0 Å². The molecule has 1 unspecified atom stereocenters. The molecule has 1 fully saturated rings. The number of nitrogens with one attached hydrogen (secondary N) is 1. The molecule has 1 atom stereocenters. The van der Waals surface area contributed by atoms with Crippen LogP contribution >= 0.6 is 0 Å². The number of fused-ring (bicyclic) bond motifs is 1. The number of piperazine rings is 1. The summed E-state index contributed by atoms with van der Waals surface area (Å²) in [5.41, 5.74) is 4.87. The molecular formula is C29H38N4O3.